The molecule has 184 valence electrons. The summed E-state index contributed by atoms with van der Waals surface area (Å²) in [4.78, 5) is 24.8. The standard InChI is InChI=1S/C25H27N3O6S/c1-17-6-4-9-21(14-17)28-35(31,32)22-11-10-18(2)23(16-22)24(29)26-19-7-5-8-20(15-19)27-25(30)34-13-12-33-3/h4-11,14-16,28H,12-13H2,1-3H3,(H,26,29)(H,27,30). The highest BCUT2D eigenvalue weighted by molar-refractivity contribution is 7.92. The number of methoxy groups -OCH3 is 1. The fraction of sp³-hybridized carbons (Fsp3) is 0.200. The Kier molecular flexibility index (Phi) is 8.45. The van der Waals surface area contributed by atoms with Crippen LogP contribution in [0.25, 0.3) is 0 Å². The van der Waals surface area contributed by atoms with Gasteiger partial charge in [0.05, 0.1) is 11.5 Å². The fourth-order valence-electron chi connectivity index (χ4n) is 3.18. The van der Waals surface area contributed by atoms with Crippen molar-refractivity contribution in [3.8, 4) is 0 Å². The van der Waals surface area contributed by atoms with Gasteiger partial charge in [-0.2, -0.15) is 0 Å². The van der Waals surface area contributed by atoms with Crippen LogP contribution in [0.5, 0.6) is 0 Å². The second kappa shape index (κ2) is 11.5. The number of amides is 2. The molecular weight excluding hydrogens is 470 g/mol. The Bertz CT molecular complexity index is 1320. The van der Waals surface area contributed by atoms with Crippen molar-refractivity contribution in [1.82, 2.24) is 0 Å². The SMILES string of the molecule is COCCOC(=O)Nc1cccc(NC(=O)c2cc(S(=O)(=O)Nc3cccc(C)c3)ccc2C)c1. The van der Waals surface area contributed by atoms with Gasteiger partial charge in [-0.15, -0.1) is 0 Å². The normalized spacial score (nSPS) is 10.9. The van der Waals surface area contributed by atoms with Crippen LogP contribution in [0.3, 0.4) is 0 Å². The molecule has 0 saturated carbocycles. The topological polar surface area (TPSA) is 123 Å². The summed E-state index contributed by atoms with van der Waals surface area (Å²) in [6, 6.07) is 17.8. The number of aryl methyl sites for hydroxylation is 2. The summed E-state index contributed by atoms with van der Waals surface area (Å²) in [7, 11) is -2.41. The molecule has 0 aliphatic carbocycles. The molecule has 3 N–H and O–H groups in total. The molecule has 3 rings (SSSR count). The van der Waals surface area contributed by atoms with Gasteiger partial charge >= 0.3 is 6.09 Å². The average Bonchev–Trinajstić information content (AvgIpc) is 2.79. The molecule has 0 saturated heterocycles. The zero-order chi connectivity index (χ0) is 25.4. The maximum atomic E-state index is 13.0. The van der Waals surface area contributed by atoms with Gasteiger partial charge in [-0.25, -0.2) is 13.2 Å². The first-order valence-electron chi connectivity index (χ1n) is 10.7. The second-order valence-electron chi connectivity index (χ2n) is 7.74. The Morgan fingerprint density at radius 1 is 0.829 bits per heavy atom. The Balaban J connectivity index is 1.74. The van der Waals surface area contributed by atoms with Gasteiger partial charge in [-0.05, 0) is 67.4 Å². The summed E-state index contributed by atoms with van der Waals surface area (Å²) in [5.74, 6) is -0.491. The number of hydrogen-bond acceptors (Lipinski definition) is 6. The van der Waals surface area contributed by atoms with Crippen LogP contribution in [0.15, 0.2) is 71.6 Å². The summed E-state index contributed by atoms with van der Waals surface area (Å²) >= 11 is 0. The first-order chi connectivity index (χ1) is 16.7. The molecule has 0 radical (unpaired) electrons. The summed E-state index contributed by atoms with van der Waals surface area (Å²) in [5, 5.41) is 5.30. The van der Waals surface area contributed by atoms with Crippen LogP contribution in [0, 0.1) is 13.8 Å². The van der Waals surface area contributed by atoms with E-state index in [9.17, 15) is 18.0 Å². The molecule has 0 aromatic heterocycles. The van der Waals surface area contributed by atoms with E-state index in [1.807, 2.05) is 13.0 Å². The van der Waals surface area contributed by atoms with E-state index in [4.69, 9.17) is 9.47 Å². The van der Waals surface area contributed by atoms with E-state index in [1.54, 1.807) is 55.5 Å². The summed E-state index contributed by atoms with van der Waals surface area (Å²) in [5.41, 5.74) is 2.98. The van der Waals surface area contributed by atoms with E-state index in [0.29, 0.717) is 22.6 Å². The lowest BCUT2D eigenvalue weighted by Crippen LogP contribution is -2.18. The average molecular weight is 498 g/mol. The smallest absolute Gasteiger partial charge is 0.411 e. The molecule has 3 aromatic rings. The van der Waals surface area contributed by atoms with Gasteiger partial charge < -0.3 is 14.8 Å². The summed E-state index contributed by atoms with van der Waals surface area (Å²) in [6.07, 6.45) is -0.652. The third-order valence-electron chi connectivity index (χ3n) is 4.92. The summed E-state index contributed by atoms with van der Waals surface area (Å²) < 4.78 is 38.1. The molecule has 0 fully saturated rings. The van der Waals surface area contributed by atoms with Crippen LogP contribution in [0.1, 0.15) is 21.5 Å². The lowest BCUT2D eigenvalue weighted by atomic mass is 10.1. The Hall–Kier alpha value is -3.89. The molecule has 0 unspecified atom stereocenters. The van der Waals surface area contributed by atoms with Crippen molar-refractivity contribution in [3.63, 3.8) is 0 Å². The predicted molar refractivity (Wildman–Crippen MR) is 134 cm³/mol. The molecule has 2 amide bonds. The molecule has 3 aromatic carbocycles. The molecule has 0 atom stereocenters. The van der Waals surface area contributed by atoms with Gasteiger partial charge in [-0.3, -0.25) is 14.8 Å². The first kappa shape index (κ1) is 25.7. The minimum Gasteiger partial charge on any atom is -0.447 e. The minimum atomic E-state index is -3.91. The monoisotopic (exact) mass is 497 g/mol. The maximum absolute atomic E-state index is 13.0. The Morgan fingerprint density at radius 2 is 1.51 bits per heavy atom. The van der Waals surface area contributed by atoms with Crippen molar-refractivity contribution in [2.24, 2.45) is 0 Å². The van der Waals surface area contributed by atoms with Crippen LogP contribution in [-0.2, 0) is 19.5 Å². The number of carbonyl (C=O) groups is 2. The number of sulfonamides is 1. The van der Waals surface area contributed by atoms with Gasteiger partial charge in [-0.1, -0.05) is 24.3 Å². The van der Waals surface area contributed by atoms with Crippen LogP contribution in [0.2, 0.25) is 0 Å². The second-order valence-corrected chi connectivity index (χ2v) is 9.42. The van der Waals surface area contributed by atoms with E-state index in [-0.39, 0.29) is 23.7 Å². The van der Waals surface area contributed by atoms with Gasteiger partial charge in [0.2, 0.25) is 0 Å². The van der Waals surface area contributed by atoms with Gasteiger partial charge in [0.1, 0.15) is 6.61 Å². The third kappa shape index (κ3) is 7.29. The number of rotatable bonds is 9. The number of benzene rings is 3. The largest absolute Gasteiger partial charge is 0.447 e. The van der Waals surface area contributed by atoms with Crippen LogP contribution >= 0.6 is 0 Å². The highest BCUT2D eigenvalue weighted by atomic mass is 32.2. The number of carbonyl (C=O) groups excluding carboxylic acids is 2. The number of hydrogen-bond donors (Lipinski definition) is 3. The van der Waals surface area contributed by atoms with Gasteiger partial charge in [0.15, 0.2) is 0 Å². The fourth-order valence-corrected chi connectivity index (χ4v) is 4.26. The molecule has 35 heavy (non-hydrogen) atoms. The minimum absolute atomic E-state index is 0.0380. The van der Waals surface area contributed by atoms with Crippen molar-refractivity contribution < 1.29 is 27.5 Å². The quantitative estimate of drug-likeness (QED) is 0.373. The number of anilines is 3. The number of nitrogens with one attached hydrogen (secondary N) is 3. The predicted octanol–water partition coefficient (Wildman–Crippen LogP) is 4.55. The highest BCUT2D eigenvalue weighted by Crippen LogP contribution is 2.22. The molecule has 10 heteroatoms. The van der Waals surface area contributed by atoms with Crippen molar-refractivity contribution in [3.05, 3.63) is 83.4 Å². The van der Waals surface area contributed by atoms with Crippen LogP contribution in [-0.4, -0.2) is 40.7 Å². The van der Waals surface area contributed by atoms with Crippen molar-refractivity contribution >= 4 is 39.1 Å². The number of ether oxygens (including phenoxy) is 2. The molecule has 9 nitrogen and oxygen atoms in total. The maximum Gasteiger partial charge on any atom is 0.411 e. The molecule has 0 heterocycles. The van der Waals surface area contributed by atoms with E-state index in [0.717, 1.165) is 5.56 Å². The molecule has 0 spiro atoms. The van der Waals surface area contributed by atoms with E-state index in [2.05, 4.69) is 15.4 Å². The lowest BCUT2D eigenvalue weighted by Gasteiger charge is -2.13. The van der Waals surface area contributed by atoms with Crippen molar-refractivity contribution in [2.45, 2.75) is 18.7 Å². The Morgan fingerprint density at radius 3 is 2.23 bits per heavy atom. The summed E-state index contributed by atoms with van der Waals surface area (Å²) in [6.45, 7) is 3.96. The van der Waals surface area contributed by atoms with Crippen molar-refractivity contribution in [1.29, 1.82) is 0 Å². The highest BCUT2D eigenvalue weighted by Gasteiger charge is 2.19. The van der Waals surface area contributed by atoms with E-state index >= 15 is 0 Å². The van der Waals surface area contributed by atoms with Gasteiger partial charge in [0, 0.05) is 29.7 Å². The van der Waals surface area contributed by atoms with E-state index < -0.39 is 22.0 Å². The lowest BCUT2D eigenvalue weighted by molar-refractivity contribution is 0.102. The molecule has 0 bridgehead atoms. The molecule has 0 aliphatic heterocycles. The zero-order valence-corrected chi connectivity index (χ0v) is 20.4. The van der Waals surface area contributed by atoms with Gasteiger partial charge in [0.25, 0.3) is 15.9 Å². The van der Waals surface area contributed by atoms with Crippen LogP contribution in [0.4, 0.5) is 21.9 Å². The molecule has 0 aliphatic rings. The third-order valence-corrected chi connectivity index (χ3v) is 6.30. The van der Waals surface area contributed by atoms with Crippen LogP contribution < -0.4 is 15.4 Å². The Labute approximate surface area is 204 Å². The molecular formula is C25H27N3O6S. The van der Waals surface area contributed by atoms with Crippen molar-refractivity contribution in [2.75, 3.05) is 35.7 Å². The zero-order valence-electron chi connectivity index (χ0n) is 19.6. The first-order valence-corrected chi connectivity index (χ1v) is 12.2. The van der Waals surface area contributed by atoms with E-state index in [1.165, 1.54) is 19.2 Å².